The van der Waals surface area contributed by atoms with Crippen molar-refractivity contribution < 1.29 is 4.74 Å². The summed E-state index contributed by atoms with van der Waals surface area (Å²) in [5.74, 6) is 1.04. The predicted molar refractivity (Wildman–Crippen MR) is 128 cm³/mol. The first kappa shape index (κ1) is 19.2. The number of nitrogens with two attached hydrogens (primary N) is 1. The van der Waals surface area contributed by atoms with E-state index in [1.165, 1.54) is 0 Å². The highest BCUT2D eigenvalue weighted by Crippen LogP contribution is 2.41. The third-order valence-electron chi connectivity index (χ3n) is 5.66. The van der Waals surface area contributed by atoms with Crippen molar-refractivity contribution >= 4 is 72.8 Å². The van der Waals surface area contributed by atoms with Crippen LogP contribution in [0.3, 0.4) is 0 Å². The number of fused-ring (bicyclic) bond motifs is 6. The van der Waals surface area contributed by atoms with Crippen LogP contribution in [0.25, 0.3) is 43.6 Å². The largest absolute Gasteiger partial charge is 0.489 e. The van der Waals surface area contributed by atoms with Crippen LogP contribution in [-0.4, -0.2) is 36.8 Å². The van der Waals surface area contributed by atoms with Gasteiger partial charge in [0.25, 0.3) is 0 Å². The molecule has 3 aromatic heterocycles. The Labute approximate surface area is 191 Å². The number of H-pyrrole nitrogens is 2. The van der Waals surface area contributed by atoms with E-state index in [1.54, 1.807) is 4.68 Å². The molecule has 0 radical (unpaired) electrons. The molecule has 160 valence electrons. The van der Waals surface area contributed by atoms with E-state index in [4.69, 9.17) is 33.7 Å². The number of anilines is 1. The summed E-state index contributed by atoms with van der Waals surface area (Å²) in [5.41, 5.74) is 9.55. The molecule has 4 N–H and O–H groups in total. The van der Waals surface area contributed by atoms with Gasteiger partial charge in [-0.2, -0.15) is 0 Å². The maximum atomic E-state index is 6.34. The van der Waals surface area contributed by atoms with Crippen molar-refractivity contribution in [3.05, 3.63) is 52.5 Å². The van der Waals surface area contributed by atoms with Gasteiger partial charge in [-0.3, -0.25) is 0 Å². The van der Waals surface area contributed by atoms with Gasteiger partial charge in [-0.1, -0.05) is 28.3 Å². The van der Waals surface area contributed by atoms with Crippen molar-refractivity contribution in [3.8, 4) is 5.75 Å². The fourth-order valence-electron chi connectivity index (χ4n) is 4.20. The smallest absolute Gasteiger partial charge is 0.240 e. The molecule has 8 nitrogen and oxygen atoms in total. The second-order valence-corrected chi connectivity index (χ2v) is 8.52. The van der Waals surface area contributed by atoms with E-state index >= 15 is 0 Å². The van der Waals surface area contributed by atoms with Crippen LogP contribution >= 0.6 is 23.2 Å². The van der Waals surface area contributed by atoms with Crippen molar-refractivity contribution in [2.45, 2.75) is 13.0 Å². The third kappa shape index (κ3) is 3.03. The maximum absolute atomic E-state index is 6.34. The molecule has 32 heavy (non-hydrogen) atoms. The Balaban J connectivity index is 1.50. The highest BCUT2D eigenvalue weighted by atomic mass is 35.5. The summed E-state index contributed by atoms with van der Waals surface area (Å²) in [4.78, 5) is 7.00. The zero-order valence-corrected chi connectivity index (χ0v) is 18.2. The van der Waals surface area contributed by atoms with Crippen LogP contribution in [0.2, 0.25) is 10.0 Å². The van der Waals surface area contributed by atoms with Crippen LogP contribution in [0.15, 0.2) is 42.5 Å². The number of hydrogen-bond acceptors (Lipinski definition) is 5. The van der Waals surface area contributed by atoms with E-state index in [2.05, 4.69) is 31.6 Å². The summed E-state index contributed by atoms with van der Waals surface area (Å²) in [5, 5.41) is 16.7. The van der Waals surface area contributed by atoms with Crippen LogP contribution in [-0.2, 0) is 6.54 Å². The first-order valence-electron chi connectivity index (χ1n) is 10.1. The van der Waals surface area contributed by atoms with Crippen molar-refractivity contribution in [1.82, 2.24) is 30.2 Å². The number of halogens is 2. The van der Waals surface area contributed by atoms with Gasteiger partial charge in [0.15, 0.2) is 5.75 Å². The summed E-state index contributed by atoms with van der Waals surface area (Å²) >= 11 is 12.6. The molecular weight excluding hydrogens is 449 g/mol. The minimum Gasteiger partial charge on any atom is -0.489 e. The quantitative estimate of drug-likeness (QED) is 0.299. The number of benzene rings is 3. The molecule has 0 spiro atoms. The molecule has 3 heterocycles. The topological polar surface area (TPSA) is 110 Å². The highest BCUT2D eigenvalue weighted by Gasteiger charge is 2.18. The van der Waals surface area contributed by atoms with Crippen LogP contribution < -0.4 is 10.5 Å². The molecule has 0 unspecified atom stereocenters. The molecular formula is C22H17Cl2N7O. The van der Waals surface area contributed by atoms with Gasteiger partial charge in [-0.25, -0.2) is 4.68 Å². The summed E-state index contributed by atoms with van der Waals surface area (Å²) in [7, 11) is 0. The number of nitrogen functional groups attached to an aromatic ring is 1. The van der Waals surface area contributed by atoms with Crippen LogP contribution in [0.5, 0.6) is 5.75 Å². The number of nitrogens with zero attached hydrogens (tertiary/aromatic N) is 4. The van der Waals surface area contributed by atoms with E-state index in [-0.39, 0.29) is 5.95 Å². The summed E-state index contributed by atoms with van der Waals surface area (Å²) in [6.45, 7) is 1.02. The van der Waals surface area contributed by atoms with Gasteiger partial charge in [0.1, 0.15) is 0 Å². The Morgan fingerprint density at radius 3 is 2.06 bits per heavy atom. The van der Waals surface area contributed by atoms with Gasteiger partial charge < -0.3 is 20.4 Å². The average molecular weight is 466 g/mol. The maximum Gasteiger partial charge on any atom is 0.240 e. The van der Waals surface area contributed by atoms with Crippen LogP contribution in [0, 0.1) is 0 Å². The second-order valence-electron chi connectivity index (χ2n) is 7.64. The molecule has 0 aliphatic rings. The fourth-order valence-corrected chi connectivity index (χ4v) is 4.55. The Morgan fingerprint density at radius 2 is 1.50 bits per heavy atom. The van der Waals surface area contributed by atoms with Crippen LogP contribution in [0.1, 0.15) is 6.42 Å². The van der Waals surface area contributed by atoms with Gasteiger partial charge in [-0.05, 0) is 52.9 Å². The van der Waals surface area contributed by atoms with Crippen molar-refractivity contribution in [1.29, 1.82) is 0 Å². The Bertz CT molecular complexity index is 1540. The molecule has 6 aromatic rings. The standard InChI is InChI=1S/C22H17Cl2N7O/c23-11-2-4-17-13(8-11)15-10-16-14-9-12(24)3-5-18(14)27-20(16)21(19(15)26-17)32-7-1-6-31-22(25)28-29-30-31/h2-5,8-10,26-27H,1,6-7H2,(H2,25,28,30). The average Bonchev–Trinajstić information content (AvgIpc) is 3.46. The van der Waals surface area contributed by atoms with Gasteiger partial charge in [0.2, 0.25) is 5.95 Å². The number of rotatable bonds is 5. The number of nitrogens with one attached hydrogen (secondary N) is 2. The molecule has 10 heteroatoms. The lowest BCUT2D eigenvalue weighted by molar-refractivity contribution is 0.304. The van der Waals surface area contributed by atoms with E-state index in [0.29, 0.717) is 29.6 Å². The normalized spacial score (nSPS) is 11.9. The van der Waals surface area contributed by atoms with E-state index < -0.39 is 0 Å². The molecule has 0 bridgehead atoms. The highest BCUT2D eigenvalue weighted by molar-refractivity contribution is 6.33. The minimum atomic E-state index is 0.287. The Hall–Kier alpha value is -3.49. The van der Waals surface area contributed by atoms with Crippen molar-refractivity contribution in [3.63, 3.8) is 0 Å². The van der Waals surface area contributed by atoms with Crippen molar-refractivity contribution in [2.24, 2.45) is 0 Å². The number of tetrazole rings is 1. The number of hydrogen-bond donors (Lipinski definition) is 3. The SMILES string of the molecule is Nc1nnnn1CCCOc1c2[nH]c3ccc(Cl)cc3c2cc2c1[nH]c1ccc(Cl)cc12. The van der Waals surface area contributed by atoms with Gasteiger partial charge in [0, 0.05) is 55.6 Å². The second kappa shape index (κ2) is 7.29. The van der Waals surface area contributed by atoms with Gasteiger partial charge in [-0.15, -0.1) is 0 Å². The summed E-state index contributed by atoms with van der Waals surface area (Å²) < 4.78 is 7.89. The molecule has 0 atom stereocenters. The molecule has 0 amide bonds. The van der Waals surface area contributed by atoms with Gasteiger partial charge in [0.05, 0.1) is 17.6 Å². The van der Waals surface area contributed by atoms with Crippen molar-refractivity contribution in [2.75, 3.05) is 12.3 Å². The van der Waals surface area contributed by atoms with Gasteiger partial charge >= 0.3 is 0 Å². The Morgan fingerprint density at radius 1 is 0.875 bits per heavy atom. The molecule has 0 aliphatic carbocycles. The number of ether oxygens (including phenoxy) is 1. The Kier molecular flexibility index (Phi) is 4.38. The lowest BCUT2D eigenvalue weighted by atomic mass is 10.1. The lowest BCUT2D eigenvalue weighted by Crippen LogP contribution is -2.09. The molecule has 6 rings (SSSR count). The number of aryl methyl sites for hydroxylation is 1. The summed E-state index contributed by atoms with van der Waals surface area (Å²) in [6, 6.07) is 13.8. The van der Waals surface area contributed by atoms with Crippen LogP contribution in [0.4, 0.5) is 5.95 Å². The third-order valence-corrected chi connectivity index (χ3v) is 6.13. The molecule has 0 saturated heterocycles. The summed E-state index contributed by atoms with van der Waals surface area (Å²) in [6.07, 6.45) is 0.686. The first-order valence-corrected chi connectivity index (χ1v) is 10.8. The van der Waals surface area contributed by atoms with E-state index in [0.717, 1.165) is 49.4 Å². The monoisotopic (exact) mass is 465 g/mol. The predicted octanol–water partition coefficient (Wildman–Crippen LogP) is 5.30. The minimum absolute atomic E-state index is 0.287. The lowest BCUT2D eigenvalue weighted by Gasteiger charge is -2.09. The molecule has 0 saturated carbocycles. The molecule has 3 aromatic carbocycles. The van der Waals surface area contributed by atoms with E-state index in [1.807, 2.05) is 36.4 Å². The first-order chi connectivity index (χ1) is 15.6. The number of aromatic amines is 2. The molecule has 0 fully saturated rings. The molecule has 0 aliphatic heterocycles. The number of aromatic nitrogens is 6. The zero-order chi connectivity index (χ0) is 21.8. The van der Waals surface area contributed by atoms with E-state index in [9.17, 15) is 0 Å². The fraction of sp³-hybridized carbons (Fsp3) is 0.136. The zero-order valence-electron chi connectivity index (χ0n) is 16.7.